The molecule has 24 heavy (non-hydrogen) atoms. The normalized spacial score (nSPS) is 21.4. The second-order valence-electron chi connectivity index (χ2n) is 6.32. The summed E-state index contributed by atoms with van der Waals surface area (Å²) in [5.74, 6) is 1.61. The fourth-order valence-corrected chi connectivity index (χ4v) is 4.39. The van der Waals surface area contributed by atoms with Crippen molar-refractivity contribution in [3.05, 3.63) is 45.6 Å². The van der Waals surface area contributed by atoms with Crippen LogP contribution in [0.2, 0.25) is 0 Å². The first-order valence-electron chi connectivity index (χ1n) is 8.27. The molecule has 1 unspecified atom stereocenters. The van der Waals surface area contributed by atoms with Crippen molar-refractivity contribution in [1.29, 1.82) is 0 Å². The Morgan fingerprint density at radius 3 is 3.12 bits per heavy atom. The van der Waals surface area contributed by atoms with E-state index in [0.29, 0.717) is 19.1 Å². The number of carbonyl (C=O) groups is 1. The smallest absolute Gasteiger partial charge is 0.275 e. The molecule has 0 radical (unpaired) electrons. The summed E-state index contributed by atoms with van der Waals surface area (Å²) in [4.78, 5) is 15.1. The highest BCUT2D eigenvalue weighted by molar-refractivity contribution is 7.10. The minimum Gasteiger partial charge on any atom is -0.454 e. The van der Waals surface area contributed by atoms with Crippen LogP contribution >= 0.6 is 11.3 Å². The van der Waals surface area contributed by atoms with Gasteiger partial charge in [-0.05, 0) is 36.1 Å². The van der Waals surface area contributed by atoms with Crippen molar-refractivity contribution in [2.45, 2.75) is 25.9 Å². The lowest BCUT2D eigenvalue weighted by Gasteiger charge is -2.29. The third kappa shape index (κ3) is 2.99. The van der Waals surface area contributed by atoms with E-state index in [1.165, 1.54) is 15.3 Å². The lowest BCUT2D eigenvalue weighted by atomic mass is 10.0. The monoisotopic (exact) mass is 345 g/mol. The van der Waals surface area contributed by atoms with Crippen LogP contribution in [0, 0.1) is 0 Å². The number of amides is 1. The minimum atomic E-state index is 0.0909. The van der Waals surface area contributed by atoms with E-state index in [9.17, 15) is 4.79 Å². The van der Waals surface area contributed by atoms with Gasteiger partial charge >= 0.3 is 0 Å². The summed E-state index contributed by atoms with van der Waals surface area (Å²) in [7, 11) is 0. The van der Waals surface area contributed by atoms with Crippen molar-refractivity contribution in [2.24, 2.45) is 0 Å². The first-order valence-corrected chi connectivity index (χ1v) is 9.15. The molecule has 5 nitrogen and oxygen atoms in total. The largest absolute Gasteiger partial charge is 0.454 e. The van der Waals surface area contributed by atoms with Crippen LogP contribution in [-0.2, 0) is 17.8 Å². The summed E-state index contributed by atoms with van der Waals surface area (Å²) in [5.41, 5.74) is 2.43. The van der Waals surface area contributed by atoms with Crippen molar-refractivity contribution in [3.8, 4) is 11.5 Å². The molecular formula is C18H21N2O3S+. The number of nitrogens with one attached hydrogen (secondary N) is 2. The molecule has 0 saturated heterocycles. The molecule has 4 rings (SSSR count). The maximum Gasteiger partial charge on any atom is 0.275 e. The van der Waals surface area contributed by atoms with Crippen LogP contribution in [0.5, 0.6) is 11.5 Å². The van der Waals surface area contributed by atoms with E-state index in [1.54, 1.807) is 0 Å². The number of rotatable bonds is 4. The Labute approximate surface area is 145 Å². The topological polar surface area (TPSA) is 52.0 Å². The standard InChI is InChI=1S/C18H20N2O3S/c1-12-14-5-7-24-17(14)4-6-20(12)10-18(21)19-9-13-2-3-15-16(8-13)23-11-22-15/h2-3,5,7-8,12H,4,6,9-11H2,1H3,(H,19,21)/p+1/t12-/m1/s1. The predicted molar refractivity (Wildman–Crippen MR) is 91.5 cm³/mol. The Hall–Kier alpha value is -2.05. The van der Waals surface area contributed by atoms with Crippen LogP contribution in [-0.4, -0.2) is 25.8 Å². The van der Waals surface area contributed by atoms with Crippen molar-refractivity contribution in [1.82, 2.24) is 5.32 Å². The first kappa shape index (κ1) is 15.5. The summed E-state index contributed by atoms with van der Waals surface area (Å²) in [6, 6.07) is 8.36. The summed E-state index contributed by atoms with van der Waals surface area (Å²) >= 11 is 1.83. The Balaban J connectivity index is 1.32. The molecule has 0 bridgehead atoms. The van der Waals surface area contributed by atoms with Crippen LogP contribution < -0.4 is 19.7 Å². The van der Waals surface area contributed by atoms with Crippen molar-refractivity contribution in [3.63, 3.8) is 0 Å². The molecule has 1 aromatic carbocycles. The molecule has 6 heteroatoms. The zero-order valence-corrected chi connectivity index (χ0v) is 14.4. The molecule has 126 valence electrons. The van der Waals surface area contributed by atoms with Crippen LogP contribution in [0.25, 0.3) is 0 Å². The van der Waals surface area contributed by atoms with Gasteiger partial charge in [0.15, 0.2) is 18.0 Å². The van der Waals surface area contributed by atoms with Crippen molar-refractivity contribution in [2.75, 3.05) is 19.9 Å². The van der Waals surface area contributed by atoms with Gasteiger partial charge in [-0.1, -0.05) is 6.07 Å². The fourth-order valence-electron chi connectivity index (χ4n) is 3.41. The molecule has 0 aliphatic carbocycles. The van der Waals surface area contributed by atoms with E-state index >= 15 is 0 Å². The molecule has 0 saturated carbocycles. The highest BCUT2D eigenvalue weighted by Gasteiger charge is 2.29. The minimum absolute atomic E-state index is 0.0909. The van der Waals surface area contributed by atoms with E-state index in [1.807, 2.05) is 29.5 Å². The number of ether oxygens (including phenoxy) is 2. The molecule has 2 aromatic rings. The van der Waals surface area contributed by atoms with E-state index in [4.69, 9.17) is 9.47 Å². The second-order valence-corrected chi connectivity index (χ2v) is 7.32. The van der Waals surface area contributed by atoms with Crippen LogP contribution in [0.1, 0.15) is 29.0 Å². The van der Waals surface area contributed by atoms with Gasteiger partial charge < -0.3 is 19.7 Å². The van der Waals surface area contributed by atoms with Gasteiger partial charge in [0.25, 0.3) is 5.91 Å². The van der Waals surface area contributed by atoms with Gasteiger partial charge in [-0.25, -0.2) is 0 Å². The van der Waals surface area contributed by atoms with E-state index in [0.717, 1.165) is 30.0 Å². The quantitative estimate of drug-likeness (QED) is 0.878. The van der Waals surface area contributed by atoms with Crippen molar-refractivity contribution >= 4 is 17.2 Å². The van der Waals surface area contributed by atoms with Gasteiger partial charge in [-0.3, -0.25) is 4.79 Å². The molecular weight excluding hydrogens is 324 g/mol. The number of quaternary nitrogens is 1. The summed E-state index contributed by atoms with van der Waals surface area (Å²) in [5, 5.41) is 5.18. The molecule has 0 spiro atoms. The van der Waals surface area contributed by atoms with Gasteiger partial charge in [-0.2, -0.15) is 0 Å². The average molecular weight is 345 g/mol. The van der Waals surface area contributed by atoms with Gasteiger partial charge in [0.1, 0.15) is 6.04 Å². The van der Waals surface area contributed by atoms with Crippen LogP contribution in [0.3, 0.4) is 0 Å². The molecule has 1 amide bonds. The highest BCUT2D eigenvalue weighted by Crippen LogP contribution is 2.32. The van der Waals surface area contributed by atoms with Crippen LogP contribution in [0.4, 0.5) is 0 Å². The van der Waals surface area contributed by atoms with Gasteiger partial charge in [0.05, 0.1) is 6.54 Å². The number of hydrogen-bond donors (Lipinski definition) is 2. The first-order chi connectivity index (χ1) is 11.7. The molecule has 2 aliphatic rings. The third-order valence-electron chi connectivity index (χ3n) is 4.85. The molecule has 0 fully saturated rings. The van der Waals surface area contributed by atoms with Gasteiger partial charge in [0, 0.05) is 23.4 Å². The maximum atomic E-state index is 12.3. The van der Waals surface area contributed by atoms with E-state index in [-0.39, 0.29) is 12.7 Å². The van der Waals surface area contributed by atoms with Crippen LogP contribution in [0.15, 0.2) is 29.6 Å². The maximum absolute atomic E-state index is 12.3. The SMILES string of the molecule is C[C@@H]1c2ccsc2CC[NH+]1CC(=O)NCc1ccc2c(c1)OCO2. The lowest BCUT2D eigenvalue weighted by Crippen LogP contribution is -3.14. The van der Waals surface area contributed by atoms with E-state index in [2.05, 4.69) is 23.7 Å². The highest BCUT2D eigenvalue weighted by atomic mass is 32.1. The summed E-state index contributed by atoms with van der Waals surface area (Å²) in [6.45, 7) is 4.53. The third-order valence-corrected chi connectivity index (χ3v) is 5.84. The molecule has 1 aromatic heterocycles. The fraction of sp³-hybridized carbons (Fsp3) is 0.389. The number of hydrogen-bond acceptors (Lipinski definition) is 4. The lowest BCUT2D eigenvalue weighted by molar-refractivity contribution is -0.924. The second kappa shape index (κ2) is 6.45. The van der Waals surface area contributed by atoms with Gasteiger partial charge in [0.2, 0.25) is 6.79 Å². The summed E-state index contributed by atoms with van der Waals surface area (Å²) < 4.78 is 10.7. The molecule has 2 atom stereocenters. The molecule has 3 heterocycles. The zero-order valence-electron chi connectivity index (χ0n) is 13.6. The van der Waals surface area contributed by atoms with Gasteiger partial charge in [-0.15, -0.1) is 11.3 Å². The van der Waals surface area contributed by atoms with Crippen molar-refractivity contribution < 1.29 is 19.2 Å². The Bertz CT molecular complexity index is 758. The summed E-state index contributed by atoms with van der Waals surface area (Å²) in [6.07, 6.45) is 1.07. The number of carbonyl (C=O) groups excluding carboxylic acids is 1. The Kier molecular flexibility index (Phi) is 4.16. The number of benzene rings is 1. The Morgan fingerprint density at radius 1 is 1.33 bits per heavy atom. The Morgan fingerprint density at radius 2 is 2.21 bits per heavy atom. The molecule has 2 aliphatic heterocycles. The predicted octanol–water partition coefficient (Wildman–Crippen LogP) is 1.30. The average Bonchev–Trinajstić information content (AvgIpc) is 3.24. The molecule has 2 N–H and O–H groups in total. The zero-order chi connectivity index (χ0) is 16.5. The number of fused-ring (bicyclic) bond motifs is 2. The van der Waals surface area contributed by atoms with E-state index < -0.39 is 0 Å². The number of thiophene rings is 1.